The monoisotopic (exact) mass is 359 g/mol. The second-order valence-electron chi connectivity index (χ2n) is 6.43. The molecule has 0 heterocycles. The van der Waals surface area contributed by atoms with Gasteiger partial charge in [-0.2, -0.15) is 0 Å². The minimum atomic E-state index is -3.88. The molecule has 0 amide bonds. The molecule has 24 heavy (non-hydrogen) atoms. The van der Waals surface area contributed by atoms with Crippen molar-refractivity contribution in [2.75, 3.05) is 0 Å². The van der Waals surface area contributed by atoms with Gasteiger partial charge in [0.15, 0.2) is 0 Å². The van der Waals surface area contributed by atoms with Gasteiger partial charge < -0.3 is 5.11 Å². The molecule has 0 fully saturated rings. The van der Waals surface area contributed by atoms with E-state index < -0.39 is 21.9 Å². The van der Waals surface area contributed by atoms with Crippen molar-refractivity contribution in [1.29, 1.82) is 0 Å². The topological polar surface area (TPSA) is 66.4 Å². The van der Waals surface area contributed by atoms with Crippen molar-refractivity contribution in [2.24, 2.45) is 5.92 Å². The third-order valence-corrected chi connectivity index (χ3v) is 5.86. The van der Waals surface area contributed by atoms with Crippen LogP contribution in [0.1, 0.15) is 59.3 Å². The maximum Gasteiger partial charge on any atom is 0.241 e. The Morgan fingerprint density at radius 3 is 2.33 bits per heavy atom. The van der Waals surface area contributed by atoms with Gasteiger partial charge in [0.05, 0.1) is 10.9 Å². The van der Waals surface area contributed by atoms with Crippen molar-refractivity contribution >= 4 is 10.0 Å². The lowest BCUT2D eigenvalue weighted by molar-refractivity contribution is -0.130. The van der Waals surface area contributed by atoms with Gasteiger partial charge in [0.2, 0.25) is 15.9 Å². The molecule has 1 aromatic rings. The Kier molecular flexibility index (Phi) is 8.33. The van der Waals surface area contributed by atoms with E-state index in [-0.39, 0.29) is 17.2 Å². The van der Waals surface area contributed by atoms with Crippen LogP contribution >= 0.6 is 0 Å². The number of hydrogen-bond donors (Lipinski definition) is 2. The number of nitrogens with one attached hydrogen (secondary N) is 1. The lowest BCUT2D eigenvalue weighted by atomic mass is 9.90. The fourth-order valence-electron chi connectivity index (χ4n) is 2.67. The molecule has 0 bridgehead atoms. The minimum absolute atomic E-state index is 0.0695. The zero-order chi connectivity index (χ0) is 18.2. The first kappa shape index (κ1) is 21.1. The highest BCUT2D eigenvalue weighted by molar-refractivity contribution is 7.89. The number of alkyl halides is 1. The van der Waals surface area contributed by atoms with E-state index in [0.29, 0.717) is 12.8 Å². The third-order valence-electron chi connectivity index (χ3n) is 4.41. The van der Waals surface area contributed by atoms with Crippen molar-refractivity contribution < 1.29 is 17.9 Å². The number of rotatable bonds is 11. The van der Waals surface area contributed by atoms with Crippen LogP contribution in [0.3, 0.4) is 0 Å². The number of sulfonamides is 1. The summed E-state index contributed by atoms with van der Waals surface area (Å²) >= 11 is 0. The Bertz CT molecular complexity index is 575. The normalized spacial score (nSPS) is 17.2. The molecule has 0 unspecified atom stereocenters. The van der Waals surface area contributed by atoms with Crippen LogP contribution in [0.4, 0.5) is 4.39 Å². The number of hydrogen-bond acceptors (Lipinski definition) is 3. The predicted molar refractivity (Wildman–Crippen MR) is 94.8 cm³/mol. The van der Waals surface area contributed by atoms with Crippen LogP contribution < -0.4 is 4.72 Å². The van der Waals surface area contributed by atoms with Gasteiger partial charge in [-0.15, -0.1) is 0 Å². The smallest absolute Gasteiger partial charge is 0.241 e. The van der Waals surface area contributed by atoms with Crippen molar-refractivity contribution in [2.45, 2.75) is 76.1 Å². The second-order valence-corrected chi connectivity index (χ2v) is 8.14. The summed E-state index contributed by atoms with van der Waals surface area (Å²) in [7, 11) is -3.88. The van der Waals surface area contributed by atoms with E-state index in [4.69, 9.17) is 0 Å². The van der Waals surface area contributed by atoms with Crippen molar-refractivity contribution in [3.05, 3.63) is 30.3 Å². The van der Waals surface area contributed by atoms with E-state index in [1.165, 1.54) is 12.1 Å². The van der Waals surface area contributed by atoms with E-state index in [9.17, 15) is 17.9 Å². The van der Waals surface area contributed by atoms with Crippen LogP contribution in [0.2, 0.25) is 0 Å². The summed E-state index contributed by atoms with van der Waals surface area (Å²) in [5.41, 5.74) is 0. The van der Waals surface area contributed by atoms with E-state index in [0.717, 1.165) is 19.3 Å². The van der Waals surface area contributed by atoms with E-state index in [1.54, 1.807) is 25.1 Å². The van der Waals surface area contributed by atoms with Gasteiger partial charge in [0, 0.05) is 6.42 Å². The summed E-state index contributed by atoms with van der Waals surface area (Å²) in [5.74, 6) is -2.89. The molecular weight excluding hydrogens is 329 g/mol. The summed E-state index contributed by atoms with van der Waals surface area (Å²) in [5, 5.41) is 10.3. The SMILES string of the molecule is CCCCCC[C@](O)(F)[C@@H](NS(=O)(=O)c1ccccc1)[C@@H](C)CC. The molecule has 3 atom stereocenters. The lowest BCUT2D eigenvalue weighted by Gasteiger charge is -2.33. The quantitative estimate of drug-likeness (QED) is 0.587. The highest BCUT2D eigenvalue weighted by atomic mass is 32.2. The maximum absolute atomic E-state index is 14.9. The third kappa shape index (κ3) is 6.15. The van der Waals surface area contributed by atoms with Gasteiger partial charge in [-0.1, -0.05) is 64.7 Å². The molecule has 0 aliphatic carbocycles. The zero-order valence-electron chi connectivity index (χ0n) is 14.8. The molecule has 2 N–H and O–H groups in total. The molecular formula is C18H30FNO3S. The summed E-state index contributed by atoms with van der Waals surface area (Å²) in [6.07, 6.45) is 3.82. The molecule has 0 aliphatic rings. The highest BCUT2D eigenvalue weighted by Gasteiger charge is 2.41. The Morgan fingerprint density at radius 2 is 1.79 bits per heavy atom. The van der Waals surface area contributed by atoms with Gasteiger partial charge in [-0.05, 0) is 24.5 Å². The van der Waals surface area contributed by atoms with Crippen molar-refractivity contribution in [1.82, 2.24) is 4.72 Å². The van der Waals surface area contributed by atoms with Crippen LogP contribution in [0.15, 0.2) is 35.2 Å². The fourth-order valence-corrected chi connectivity index (χ4v) is 4.07. The van der Waals surface area contributed by atoms with Crippen LogP contribution in [0.5, 0.6) is 0 Å². The van der Waals surface area contributed by atoms with Crippen LogP contribution in [-0.4, -0.2) is 25.4 Å². The van der Waals surface area contributed by atoms with Crippen molar-refractivity contribution in [3.8, 4) is 0 Å². The number of aliphatic hydroxyl groups is 1. The summed E-state index contributed by atoms with van der Waals surface area (Å²) in [6.45, 7) is 5.65. The largest absolute Gasteiger partial charge is 0.360 e. The molecule has 0 saturated carbocycles. The molecule has 6 heteroatoms. The van der Waals surface area contributed by atoms with E-state index in [2.05, 4.69) is 11.6 Å². The Hall–Kier alpha value is -0.980. The van der Waals surface area contributed by atoms with Gasteiger partial charge in [-0.3, -0.25) is 0 Å². The average molecular weight is 360 g/mol. The summed E-state index contributed by atoms with van der Waals surface area (Å²) < 4.78 is 42.3. The second kappa shape index (κ2) is 9.49. The highest BCUT2D eigenvalue weighted by Crippen LogP contribution is 2.29. The molecule has 138 valence electrons. The van der Waals surface area contributed by atoms with Crippen molar-refractivity contribution in [3.63, 3.8) is 0 Å². The molecule has 0 spiro atoms. The maximum atomic E-state index is 14.9. The van der Waals surface area contributed by atoms with Crippen LogP contribution in [0.25, 0.3) is 0 Å². The molecule has 0 aromatic heterocycles. The van der Waals surface area contributed by atoms with Gasteiger partial charge in [0.25, 0.3) is 0 Å². The number of benzene rings is 1. The summed E-state index contributed by atoms with van der Waals surface area (Å²) in [4.78, 5) is 0.0695. The Morgan fingerprint density at radius 1 is 1.17 bits per heavy atom. The predicted octanol–water partition coefficient (Wildman–Crippen LogP) is 4.01. The van der Waals surface area contributed by atoms with Gasteiger partial charge >= 0.3 is 0 Å². The van der Waals surface area contributed by atoms with Crippen LogP contribution in [-0.2, 0) is 10.0 Å². The van der Waals surface area contributed by atoms with E-state index in [1.807, 2.05) is 6.92 Å². The molecule has 1 aromatic carbocycles. The first-order valence-corrected chi connectivity index (χ1v) is 10.2. The Labute approximate surface area is 145 Å². The van der Waals surface area contributed by atoms with Gasteiger partial charge in [0.1, 0.15) is 0 Å². The first-order valence-electron chi connectivity index (χ1n) is 8.73. The fraction of sp³-hybridized carbons (Fsp3) is 0.667. The standard InChI is InChI=1S/C18H30FNO3S/c1-4-6-7-11-14-18(19,21)17(15(3)5-2)20-24(22,23)16-12-9-8-10-13-16/h8-10,12-13,15,17,20-21H,4-7,11,14H2,1-3H3/t15-,17-,18+/m0/s1. The lowest BCUT2D eigenvalue weighted by Crippen LogP contribution is -2.53. The molecule has 0 aliphatic heterocycles. The molecule has 4 nitrogen and oxygen atoms in total. The number of unbranched alkanes of at least 4 members (excludes halogenated alkanes) is 3. The number of halogens is 1. The molecule has 0 saturated heterocycles. The summed E-state index contributed by atoms with van der Waals surface area (Å²) in [6, 6.07) is 6.67. The van der Waals surface area contributed by atoms with Gasteiger partial charge in [-0.25, -0.2) is 17.5 Å². The first-order chi connectivity index (χ1) is 11.2. The Balaban J connectivity index is 2.92. The molecule has 1 rings (SSSR count). The van der Waals surface area contributed by atoms with E-state index >= 15 is 0 Å². The minimum Gasteiger partial charge on any atom is -0.360 e. The zero-order valence-corrected chi connectivity index (χ0v) is 15.7. The average Bonchev–Trinajstić information content (AvgIpc) is 2.56. The molecule has 0 radical (unpaired) electrons. The van der Waals surface area contributed by atoms with Crippen LogP contribution in [0, 0.1) is 5.92 Å².